The van der Waals surface area contributed by atoms with Gasteiger partial charge in [0.15, 0.2) is 5.96 Å². The highest BCUT2D eigenvalue weighted by Gasteiger charge is 2.28. The van der Waals surface area contributed by atoms with Crippen LogP contribution in [0.1, 0.15) is 58.3 Å². The second-order valence-electron chi connectivity index (χ2n) is 6.55. The van der Waals surface area contributed by atoms with E-state index in [1.54, 1.807) is 0 Å². The smallest absolute Gasteiger partial charge is 0.223 e. The molecular formula is C17H33IN4O. The van der Waals surface area contributed by atoms with E-state index in [0.29, 0.717) is 6.54 Å². The lowest BCUT2D eigenvalue weighted by molar-refractivity contribution is -0.122. The van der Waals surface area contributed by atoms with E-state index in [4.69, 9.17) is 0 Å². The van der Waals surface area contributed by atoms with Crippen molar-refractivity contribution >= 4 is 35.8 Å². The number of nitrogens with zero attached hydrogens (tertiary/aromatic N) is 1. The topological polar surface area (TPSA) is 65.5 Å². The number of nitrogens with one attached hydrogen (secondary N) is 3. The highest BCUT2D eigenvalue weighted by molar-refractivity contribution is 14.0. The number of aliphatic imine (C=N–C) groups is 1. The Balaban J connectivity index is 0.00000264. The fourth-order valence-electron chi connectivity index (χ4n) is 3.07. The molecule has 5 nitrogen and oxygen atoms in total. The highest BCUT2D eigenvalue weighted by Crippen LogP contribution is 2.29. The molecule has 3 N–H and O–H groups in total. The molecule has 23 heavy (non-hydrogen) atoms. The van der Waals surface area contributed by atoms with Crippen molar-refractivity contribution in [1.29, 1.82) is 0 Å². The summed E-state index contributed by atoms with van der Waals surface area (Å²) in [7, 11) is 0. The van der Waals surface area contributed by atoms with Crippen LogP contribution in [-0.2, 0) is 4.79 Å². The Morgan fingerprint density at radius 2 is 1.74 bits per heavy atom. The molecule has 2 rings (SSSR count). The van der Waals surface area contributed by atoms with Crippen LogP contribution in [-0.4, -0.2) is 38.0 Å². The number of hydrogen-bond donors (Lipinski definition) is 3. The van der Waals surface area contributed by atoms with Gasteiger partial charge in [-0.1, -0.05) is 25.7 Å². The summed E-state index contributed by atoms with van der Waals surface area (Å²) < 4.78 is 0. The van der Waals surface area contributed by atoms with E-state index in [1.165, 1.54) is 38.5 Å². The fourth-order valence-corrected chi connectivity index (χ4v) is 3.07. The number of hydrogen-bond acceptors (Lipinski definition) is 2. The summed E-state index contributed by atoms with van der Waals surface area (Å²) in [6, 6.07) is 0. The molecule has 0 heterocycles. The maximum atomic E-state index is 11.5. The van der Waals surface area contributed by atoms with Gasteiger partial charge in [-0.2, -0.15) is 0 Å². The Morgan fingerprint density at radius 1 is 1.04 bits per heavy atom. The zero-order valence-corrected chi connectivity index (χ0v) is 16.7. The van der Waals surface area contributed by atoms with Crippen molar-refractivity contribution < 1.29 is 4.79 Å². The van der Waals surface area contributed by atoms with Gasteiger partial charge in [0, 0.05) is 32.1 Å². The first-order valence-corrected chi connectivity index (χ1v) is 9.09. The van der Waals surface area contributed by atoms with Crippen LogP contribution in [0, 0.1) is 11.8 Å². The number of guanidine groups is 1. The summed E-state index contributed by atoms with van der Waals surface area (Å²) in [4.78, 5) is 16.1. The standard InChI is InChI=1S/C17H32N4O.HI/c1-2-18-17(20-11-5-8-14-6-3-4-7-14)21-13-12-19-16(22)15-9-10-15;/h14-15H,2-13H2,1H3,(H,19,22)(H2,18,20,21);1H. The summed E-state index contributed by atoms with van der Waals surface area (Å²) >= 11 is 0. The lowest BCUT2D eigenvalue weighted by atomic mass is 10.0. The summed E-state index contributed by atoms with van der Waals surface area (Å²) in [5, 5.41) is 9.51. The summed E-state index contributed by atoms with van der Waals surface area (Å²) in [5.74, 6) is 2.32. The van der Waals surface area contributed by atoms with Gasteiger partial charge in [0.1, 0.15) is 0 Å². The van der Waals surface area contributed by atoms with Crippen LogP contribution < -0.4 is 16.0 Å². The van der Waals surface area contributed by atoms with Crippen LogP contribution in [0.5, 0.6) is 0 Å². The number of halogens is 1. The van der Waals surface area contributed by atoms with Crippen molar-refractivity contribution in [2.75, 3.05) is 26.2 Å². The van der Waals surface area contributed by atoms with Crippen molar-refractivity contribution in [2.24, 2.45) is 16.8 Å². The summed E-state index contributed by atoms with van der Waals surface area (Å²) in [5.41, 5.74) is 0. The molecule has 2 aliphatic rings. The minimum Gasteiger partial charge on any atom is -0.357 e. The van der Waals surface area contributed by atoms with Gasteiger partial charge in [0.05, 0.1) is 0 Å². The van der Waals surface area contributed by atoms with Crippen LogP contribution in [0.25, 0.3) is 0 Å². The number of carbonyl (C=O) groups excluding carboxylic acids is 1. The van der Waals surface area contributed by atoms with Gasteiger partial charge in [-0.15, -0.1) is 24.0 Å². The van der Waals surface area contributed by atoms with Gasteiger partial charge in [-0.05, 0) is 38.5 Å². The van der Waals surface area contributed by atoms with E-state index in [9.17, 15) is 4.79 Å². The van der Waals surface area contributed by atoms with Crippen LogP contribution in [0.3, 0.4) is 0 Å². The van der Waals surface area contributed by atoms with Crippen molar-refractivity contribution in [2.45, 2.75) is 58.3 Å². The second kappa shape index (κ2) is 11.9. The van der Waals surface area contributed by atoms with Crippen molar-refractivity contribution in [1.82, 2.24) is 16.0 Å². The monoisotopic (exact) mass is 436 g/mol. The SMILES string of the molecule is CCNC(=NCCCC1CCCC1)NCCNC(=O)C1CC1.I. The fraction of sp³-hybridized carbons (Fsp3) is 0.882. The van der Waals surface area contributed by atoms with E-state index >= 15 is 0 Å². The minimum absolute atomic E-state index is 0. The van der Waals surface area contributed by atoms with Gasteiger partial charge in [-0.3, -0.25) is 9.79 Å². The summed E-state index contributed by atoms with van der Waals surface area (Å²) in [6.45, 7) is 5.22. The third-order valence-electron chi connectivity index (χ3n) is 4.52. The largest absolute Gasteiger partial charge is 0.357 e. The molecule has 6 heteroatoms. The number of amides is 1. The summed E-state index contributed by atoms with van der Waals surface area (Å²) in [6.07, 6.45) is 10.3. The molecule has 0 atom stereocenters. The van der Waals surface area contributed by atoms with Crippen LogP contribution in [0.15, 0.2) is 4.99 Å². The molecule has 2 fully saturated rings. The van der Waals surface area contributed by atoms with Crippen LogP contribution in [0.4, 0.5) is 0 Å². The zero-order valence-electron chi connectivity index (χ0n) is 14.4. The first-order valence-electron chi connectivity index (χ1n) is 9.09. The molecule has 1 amide bonds. The molecule has 0 bridgehead atoms. The van der Waals surface area contributed by atoms with E-state index < -0.39 is 0 Å². The molecule has 2 aliphatic carbocycles. The van der Waals surface area contributed by atoms with E-state index in [0.717, 1.165) is 44.4 Å². The van der Waals surface area contributed by atoms with Gasteiger partial charge >= 0.3 is 0 Å². The van der Waals surface area contributed by atoms with Gasteiger partial charge in [-0.25, -0.2) is 0 Å². The molecule has 2 saturated carbocycles. The normalized spacial score (nSPS) is 18.4. The molecule has 0 aromatic heterocycles. The third-order valence-corrected chi connectivity index (χ3v) is 4.52. The minimum atomic E-state index is 0. The lowest BCUT2D eigenvalue weighted by Crippen LogP contribution is -2.41. The lowest BCUT2D eigenvalue weighted by Gasteiger charge is -2.12. The van der Waals surface area contributed by atoms with Crippen LogP contribution in [0.2, 0.25) is 0 Å². The number of carbonyl (C=O) groups is 1. The maximum absolute atomic E-state index is 11.5. The van der Waals surface area contributed by atoms with Crippen molar-refractivity contribution in [3.05, 3.63) is 0 Å². The van der Waals surface area contributed by atoms with Crippen molar-refractivity contribution in [3.63, 3.8) is 0 Å². The van der Waals surface area contributed by atoms with E-state index in [2.05, 4.69) is 27.9 Å². The second-order valence-corrected chi connectivity index (χ2v) is 6.55. The predicted molar refractivity (Wildman–Crippen MR) is 106 cm³/mol. The first-order chi connectivity index (χ1) is 10.8. The molecule has 0 unspecified atom stereocenters. The molecule has 0 saturated heterocycles. The van der Waals surface area contributed by atoms with Crippen LogP contribution >= 0.6 is 24.0 Å². The maximum Gasteiger partial charge on any atom is 0.223 e. The zero-order chi connectivity index (χ0) is 15.6. The van der Waals surface area contributed by atoms with E-state index in [1.807, 2.05) is 0 Å². The highest BCUT2D eigenvalue weighted by atomic mass is 127. The molecule has 0 radical (unpaired) electrons. The van der Waals surface area contributed by atoms with Gasteiger partial charge in [0.2, 0.25) is 5.91 Å². The van der Waals surface area contributed by atoms with Crippen molar-refractivity contribution in [3.8, 4) is 0 Å². The Morgan fingerprint density at radius 3 is 2.39 bits per heavy atom. The third kappa shape index (κ3) is 8.77. The van der Waals surface area contributed by atoms with Gasteiger partial charge < -0.3 is 16.0 Å². The Bertz CT molecular complexity index is 366. The average molecular weight is 436 g/mol. The molecule has 0 aromatic carbocycles. The van der Waals surface area contributed by atoms with Gasteiger partial charge in [0.25, 0.3) is 0 Å². The number of rotatable bonds is 9. The Labute approximate surface area is 157 Å². The average Bonchev–Trinajstić information content (AvgIpc) is 3.25. The molecule has 0 aliphatic heterocycles. The Hall–Kier alpha value is -0.530. The van der Waals surface area contributed by atoms with E-state index in [-0.39, 0.29) is 35.8 Å². The molecule has 0 spiro atoms. The Kier molecular flexibility index (Phi) is 10.6. The molecule has 0 aromatic rings. The quantitative estimate of drug-likeness (QED) is 0.225. The first kappa shape index (κ1) is 20.5. The molecular weight excluding hydrogens is 403 g/mol. The predicted octanol–water partition coefficient (Wildman–Crippen LogP) is 2.66. The molecule has 134 valence electrons.